The molecule has 72 valence electrons. The smallest absolute Gasteiger partial charge is 0.376 e. The van der Waals surface area contributed by atoms with Crippen LogP contribution in [0.5, 0.6) is 0 Å². The maximum Gasteiger partial charge on any atom is 0.376 e. The lowest BCUT2D eigenvalue weighted by atomic mass is 10.2. The monoisotopic (exact) mass is 202 g/mol. The summed E-state index contributed by atoms with van der Waals surface area (Å²) >= 11 is 0. The predicted molar refractivity (Wildman–Crippen MR) is 41.1 cm³/mol. The van der Waals surface area contributed by atoms with Crippen LogP contribution >= 0.6 is 0 Å². The molecule has 0 saturated carbocycles. The molecular formula is C10H2O5. The van der Waals surface area contributed by atoms with Crippen LogP contribution in [0.1, 0.15) is 0 Å². The highest BCUT2D eigenvalue weighted by atomic mass is 16.9. The van der Waals surface area contributed by atoms with Crippen LogP contribution in [0.4, 0.5) is 0 Å². The molecular weight excluding hydrogens is 200 g/mol. The van der Waals surface area contributed by atoms with Gasteiger partial charge in [-0.05, 0) is 0 Å². The summed E-state index contributed by atoms with van der Waals surface area (Å²) in [6.07, 6.45) is 3.70. The zero-order chi connectivity index (χ0) is 9.41. The molecule has 15 heavy (non-hydrogen) atoms. The number of rotatable bonds is 2. The van der Waals surface area contributed by atoms with Gasteiger partial charge in [-0.3, -0.25) is 0 Å². The first-order chi connectivity index (χ1) is 7.32. The number of hydrogen-bond donors (Lipinski definition) is 0. The molecule has 0 aromatic heterocycles. The maximum atomic E-state index is 5.74. The van der Waals surface area contributed by atoms with Crippen molar-refractivity contribution in [2.75, 3.05) is 0 Å². The van der Waals surface area contributed by atoms with Gasteiger partial charge >= 0.3 is 11.6 Å². The topological polar surface area (TPSA) is 52.8 Å². The Labute approximate surface area is 82.8 Å². The Bertz CT molecular complexity index is 568. The molecule has 0 radical (unpaired) electrons. The molecule has 8 aliphatic rings. The van der Waals surface area contributed by atoms with Gasteiger partial charge in [0.05, 0.1) is 0 Å². The van der Waals surface area contributed by atoms with Crippen molar-refractivity contribution >= 4 is 0 Å². The van der Waals surface area contributed by atoms with E-state index >= 15 is 0 Å². The Morgan fingerprint density at radius 1 is 0.800 bits per heavy atom. The first-order valence-corrected chi connectivity index (χ1v) is 4.70. The Balaban J connectivity index is 1.45. The van der Waals surface area contributed by atoms with Crippen molar-refractivity contribution in [1.82, 2.24) is 0 Å². The van der Waals surface area contributed by atoms with Crippen molar-refractivity contribution in [3.05, 3.63) is 46.7 Å². The van der Waals surface area contributed by atoms with E-state index in [1.54, 1.807) is 0 Å². The van der Waals surface area contributed by atoms with E-state index in [0.717, 1.165) is 34.6 Å². The molecule has 6 aliphatic heterocycles. The predicted octanol–water partition coefficient (Wildman–Crippen LogP) is 0.735. The van der Waals surface area contributed by atoms with Gasteiger partial charge in [0, 0.05) is 12.2 Å². The van der Waals surface area contributed by atoms with Gasteiger partial charge in [-0.15, -0.1) is 0 Å². The lowest BCUT2D eigenvalue weighted by molar-refractivity contribution is -0.106. The fourth-order valence-electron chi connectivity index (χ4n) is 2.46. The van der Waals surface area contributed by atoms with Gasteiger partial charge in [-0.2, -0.15) is 0 Å². The average molecular weight is 202 g/mol. The van der Waals surface area contributed by atoms with Gasteiger partial charge in [0.25, 0.3) is 0 Å². The second kappa shape index (κ2) is 1.18. The summed E-state index contributed by atoms with van der Waals surface area (Å²) < 4.78 is 27.0. The lowest BCUT2D eigenvalue weighted by Crippen LogP contribution is -2.34. The minimum atomic E-state index is -0.663. The molecule has 5 heteroatoms. The van der Waals surface area contributed by atoms with Crippen LogP contribution in [0, 0.1) is 0 Å². The normalized spacial score (nSPS) is 46.9. The van der Waals surface area contributed by atoms with Crippen molar-refractivity contribution in [2.45, 2.75) is 11.6 Å². The van der Waals surface area contributed by atoms with E-state index < -0.39 is 11.6 Å². The van der Waals surface area contributed by atoms with E-state index in [4.69, 9.17) is 23.7 Å². The highest BCUT2D eigenvalue weighted by Crippen LogP contribution is 2.68. The summed E-state index contributed by atoms with van der Waals surface area (Å²) in [4.78, 5) is 0. The van der Waals surface area contributed by atoms with Crippen LogP contribution < -0.4 is 0 Å². The van der Waals surface area contributed by atoms with Gasteiger partial charge in [0.2, 0.25) is 11.5 Å². The second-order valence-electron chi connectivity index (χ2n) is 4.15. The quantitative estimate of drug-likeness (QED) is 0.618. The third-order valence-corrected chi connectivity index (χ3v) is 3.35. The molecule has 4 bridgehead atoms. The van der Waals surface area contributed by atoms with E-state index in [1.165, 1.54) is 0 Å². The van der Waals surface area contributed by atoms with Gasteiger partial charge in [0.1, 0.15) is 0 Å². The lowest BCUT2D eigenvalue weighted by Gasteiger charge is -2.30. The Hall–Kier alpha value is -2.04. The summed E-state index contributed by atoms with van der Waals surface area (Å²) in [5.41, 5.74) is 0. The zero-order valence-corrected chi connectivity index (χ0v) is 7.20. The molecule has 2 unspecified atom stereocenters. The van der Waals surface area contributed by atoms with Crippen LogP contribution in [-0.4, -0.2) is 11.6 Å². The van der Waals surface area contributed by atoms with E-state index in [2.05, 4.69) is 0 Å². The van der Waals surface area contributed by atoms with Gasteiger partial charge in [0.15, 0.2) is 23.0 Å². The van der Waals surface area contributed by atoms with E-state index in [1.807, 2.05) is 12.2 Å². The Kier molecular flexibility index (Phi) is 0.450. The van der Waals surface area contributed by atoms with Crippen LogP contribution in [0.3, 0.4) is 0 Å². The molecule has 2 fully saturated rings. The first kappa shape index (κ1) is 5.75. The molecule has 8 rings (SSSR count). The van der Waals surface area contributed by atoms with Crippen LogP contribution in [0.2, 0.25) is 0 Å². The third kappa shape index (κ3) is 0.353. The Morgan fingerprint density at radius 3 is 1.60 bits per heavy atom. The van der Waals surface area contributed by atoms with Gasteiger partial charge < -0.3 is 23.7 Å². The van der Waals surface area contributed by atoms with Gasteiger partial charge in [-0.25, -0.2) is 0 Å². The number of allylic oxidation sites excluding steroid dienone is 2. The van der Waals surface area contributed by atoms with Crippen LogP contribution in [0.15, 0.2) is 46.7 Å². The molecule has 0 N–H and O–H groups in total. The third-order valence-electron chi connectivity index (χ3n) is 3.35. The largest absolute Gasteiger partial charge is 0.441 e. The minimum Gasteiger partial charge on any atom is -0.441 e. The van der Waals surface area contributed by atoms with Crippen LogP contribution in [-0.2, 0) is 23.7 Å². The summed E-state index contributed by atoms with van der Waals surface area (Å²) in [6.45, 7) is 0. The van der Waals surface area contributed by atoms with E-state index in [-0.39, 0.29) is 0 Å². The van der Waals surface area contributed by atoms with Crippen molar-refractivity contribution < 1.29 is 23.7 Å². The fraction of sp³-hybridized carbons (Fsp3) is 0.200. The molecule has 2 saturated heterocycles. The number of epoxide rings is 2. The summed E-state index contributed by atoms with van der Waals surface area (Å²) in [5.74, 6) is 3.34. The molecule has 0 aromatic rings. The minimum absolute atomic E-state index is 0.663. The highest BCUT2D eigenvalue weighted by molar-refractivity contribution is 5.59. The standard InChI is InChI=1S/C10H2O5/c1-3-7(9(12-3)5(1)14-9)11-8-4-2-6-10(8,13-4)15-6/h1-2H. The first-order valence-electron chi connectivity index (χ1n) is 4.70. The molecule has 2 spiro atoms. The molecule has 2 atom stereocenters. The van der Waals surface area contributed by atoms with Crippen molar-refractivity contribution in [1.29, 1.82) is 0 Å². The number of ether oxygens (including phenoxy) is 5. The zero-order valence-electron chi connectivity index (χ0n) is 7.20. The maximum absolute atomic E-state index is 5.74. The molecule has 5 nitrogen and oxygen atoms in total. The number of hydrogen-bond acceptors (Lipinski definition) is 5. The molecule has 0 amide bonds. The van der Waals surface area contributed by atoms with Gasteiger partial charge in [-0.1, -0.05) is 0 Å². The van der Waals surface area contributed by atoms with Crippen molar-refractivity contribution in [3.8, 4) is 0 Å². The molecule has 6 heterocycles. The summed E-state index contributed by atoms with van der Waals surface area (Å²) in [5, 5.41) is 0. The van der Waals surface area contributed by atoms with Crippen molar-refractivity contribution in [2.24, 2.45) is 0 Å². The Morgan fingerprint density at radius 2 is 1.33 bits per heavy atom. The highest BCUT2D eigenvalue weighted by Gasteiger charge is 2.79. The van der Waals surface area contributed by atoms with Crippen molar-refractivity contribution in [3.63, 3.8) is 0 Å². The van der Waals surface area contributed by atoms with E-state index in [9.17, 15) is 0 Å². The molecule has 2 aliphatic carbocycles. The summed E-state index contributed by atoms with van der Waals surface area (Å²) in [6, 6.07) is 0. The fourth-order valence-corrected chi connectivity index (χ4v) is 2.46. The second-order valence-corrected chi connectivity index (χ2v) is 4.15. The van der Waals surface area contributed by atoms with Crippen LogP contribution in [0.25, 0.3) is 0 Å². The average Bonchev–Trinajstić information content (AvgIpc) is 2.96. The molecule has 0 aromatic carbocycles. The summed E-state index contributed by atoms with van der Waals surface area (Å²) in [7, 11) is 0. The van der Waals surface area contributed by atoms with E-state index in [0.29, 0.717) is 0 Å². The SMILES string of the molecule is C1=C2OC23OC1=C3OC1=C2C=C3OC31O2.